The van der Waals surface area contributed by atoms with Crippen molar-refractivity contribution in [1.29, 1.82) is 0 Å². The molecule has 0 aliphatic carbocycles. The molecule has 4 rings (SSSR count). The first-order valence-electron chi connectivity index (χ1n) is 9.97. The van der Waals surface area contributed by atoms with Crippen LogP contribution in [0.1, 0.15) is 17.7 Å². The van der Waals surface area contributed by atoms with E-state index in [-0.39, 0.29) is 19.2 Å². The van der Waals surface area contributed by atoms with Gasteiger partial charge in [-0.3, -0.25) is 9.29 Å². The second kappa shape index (κ2) is 9.94. The summed E-state index contributed by atoms with van der Waals surface area (Å²) in [5.41, 5.74) is 2.77. The van der Waals surface area contributed by atoms with Gasteiger partial charge in [0, 0.05) is 11.2 Å². The van der Waals surface area contributed by atoms with Crippen molar-refractivity contribution < 1.29 is 13.7 Å². The first kappa shape index (κ1) is 21.3. The third kappa shape index (κ3) is 5.24. The van der Waals surface area contributed by atoms with Gasteiger partial charge in [-0.15, -0.1) is 0 Å². The van der Waals surface area contributed by atoms with Crippen molar-refractivity contribution >= 4 is 34.4 Å². The van der Waals surface area contributed by atoms with E-state index in [4.69, 9.17) is 16.3 Å². The normalized spacial score (nSPS) is 16.3. The molecule has 1 amide bonds. The van der Waals surface area contributed by atoms with Gasteiger partial charge in [0.2, 0.25) is 0 Å². The maximum absolute atomic E-state index is 13.5. The molecular weight excluding hydrogens is 434 g/mol. The van der Waals surface area contributed by atoms with Crippen LogP contribution in [0, 0.1) is 0 Å². The third-order valence-corrected chi connectivity index (χ3v) is 6.83. The van der Waals surface area contributed by atoms with E-state index in [0.717, 1.165) is 29.8 Å². The van der Waals surface area contributed by atoms with Crippen LogP contribution in [0.2, 0.25) is 5.02 Å². The van der Waals surface area contributed by atoms with E-state index in [1.54, 1.807) is 30.5 Å². The molecule has 0 bridgehead atoms. The summed E-state index contributed by atoms with van der Waals surface area (Å²) in [7, 11) is -1.46. The predicted octanol–water partition coefficient (Wildman–Crippen LogP) is 4.51. The lowest BCUT2D eigenvalue weighted by molar-refractivity contribution is 0.137. The zero-order valence-corrected chi connectivity index (χ0v) is 18.3. The molecule has 2 unspecified atom stereocenters. The molecule has 0 radical (unpaired) electrons. The molecule has 1 N–H and O–H groups in total. The van der Waals surface area contributed by atoms with Crippen LogP contribution in [0.15, 0.2) is 77.8 Å². The van der Waals surface area contributed by atoms with Gasteiger partial charge in [0.05, 0.1) is 28.9 Å². The molecule has 0 fully saturated rings. The fourth-order valence-electron chi connectivity index (χ4n) is 3.50. The summed E-state index contributed by atoms with van der Waals surface area (Å²) in [4.78, 5) is 17.0. The number of rotatable bonds is 6. The minimum Gasteiger partial charge on any atom is -0.447 e. The summed E-state index contributed by atoms with van der Waals surface area (Å²) in [6.07, 6.45) is 2.70. The molecule has 2 aromatic carbocycles. The Kier molecular flexibility index (Phi) is 6.84. The Morgan fingerprint density at radius 1 is 1.13 bits per heavy atom. The summed E-state index contributed by atoms with van der Waals surface area (Å²) in [6.45, 7) is 0.412. The zero-order valence-electron chi connectivity index (χ0n) is 16.7. The number of ether oxygens (including phenoxy) is 1. The fraction of sp³-hybridized carbons (Fsp3) is 0.217. The Bertz CT molecular complexity index is 1060. The van der Waals surface area contributed by atoms with E-state index in [0.29, 0.717) is 9.92 Å². The molecular formula is C23H22ClN3O3S. The molecule has 0 saturated carbocycles. The lowest BCUT2D eigenvalue weighted by Gasteiger charge is -2.37. The number of carbonyl (C=O) groups is 1. The van der Waals surface area contributed by atoms with E-state index in [1.165, 1.54) is 0 Å². The number of carbonyl (C=O) groups excluding carboxylic acids is 1. The number of fused-ring (bicyclic) bond motifs is 1. The molecule has 2 heterocycles. The van der Waals surface area contributed by atoms with Crippen LogP contribution < -0.4 is 9.62 Å². The fourth-order valence-corrected chi connectivity index (χ4v) is 5.02. The number of aryl methyl sites for hydroxylation is 1. The number of alkyl carbamates (subject to hydrolysis) is 1. The van der Waals surface area contributed by atoms with E-state index in [2.05, 4.69) is 10.3 Å². The number of pyridine rings is 1. The molecule has 3 aromatic rings. The van der Waals surface area contributed by atoms with Crippen molar-refractivity contribution in [2.75, 3.05) is 10.9 Å². The van der Waals surface area contributed by atoms with Gasteiger partial charge < -0.3 is 10.1 Å². The largest absolute Gasteiger partial charge is 0.447 e. The maximum atomic E-state index is 13.5. The van der Waals surface area contributed by atoms with E-state index >= 15 is 0 Å². The summed E-state index contributed by atoms with van der Waals surface area (Å²) >= 11 is 5.99. The quantitative estimate of drug-likeness (QED) is 0.593. The molecule has 8 heteroatoms. The summed E-state index contributed by atoms with van der Waals surface area (Å²) in [6, 6.07) is 20.1. The number of halogens is 1. The Labute approximate surface area is 188 Å². The highest BCUT2D eigenvalue weighted by Gasteiger charge is 2.32. The Morgan fingerprint density at radius 2 is 1.90 bits per heavy atom. The van der Waals surface area contributed by atoms with Gasteiger partial charge in [-0.2, -0.15) is 0 Å². The minimum atomic E-state index is -1.46. The van der Waals surface area contributed by atoms with E-state index in [1.807, 2.05) is 46.8 Å². The van der Waals surface area contributed by atoms with Crippen molar-refractivity contribution in [3.05, 3.63) is 89.2 Å². The van der Waals surface area contributed by atoms with Crippen LogP contribution in [-0.4, -0.2) is 27.9 Å². The number of hydrogen-bond donors (Lipinski definition) is 1. The van der Waals surface area contributed by atoms with Crippen LogP contribution >= 0.6 is 11.6 Å². The summed E-state index contributed by atoms with van der Waals surface area (Å²) in [5.74, 6) is 0. The van der Waals surface area contributed by atoms with Gasteiger partial charge in [0.1, 0.15) is 6.61 Å². The number of aromatic nitrogens is 1. The topological polar surface area (TPSA) is 71.5 Å². The highest BCUT2D eigenvalue weighted by molar-refractivity contribution is 7.86. The Balaban J connectivity index is 1.47. The maximum Gasteiger partial charge on any atom is 0.407 e. The number of hydrogen-bond acceptors (Lipinski definition) is 4. The van der Waals surface area contributed by atoms with Gasteiger partial charge >= 0.3 is 6.09 Å². The lowest BCUT2D eigenvalue weighted by Crippen LogP contribution is -2.44. The standard InChI is InChI=1S/C23H22ClN3O3S/c24-18-9-12-21(13-10-18)31(29)27-20(11-8-17-5-1-2-7-22(17)27)16-30-23(28)26-15-19-6-3-4-14-25-19/h1-7,9-10,12-14,20H,8,11,15-16H2,(H,26,28). The number of nitrogens with zero attached hydrogens (tertiary/aromatic N) is 2. The van der Waals surface area contributed by atoms with Crippen LogP contribution in [0.4, 0.5) is 10.5 Å². The number of benzene rings is 2. The molecule has 1 aliphatic heterocycles. The highest BCUT2D eigenvalue weighted by atomic mass is 35.5. The van der Waals surface area contributed by atoms with Gasteiger partial charge in [-0.05, 0) is 60.9 Å². The van der Waals surface area contributed by atoms with Gasteiger partial charge in [-0.25, -0.2) is 9.00 Å². The van der Waals surface area contributed by atoms with Crippen LogP contribution in [0.3, 0.4) is 0 Å². The van der Waals surface area contributed by atoms with Gasteiger partial charge in [-0.1, -0.05) is 35.9 Å². The monoisotopic (exact) mass is 455 g/mol. The first-order chi connectivity index (χ1) is 15.1. The second-order valence-electron chi connectivity index (χ2n) is 7.12. The van der Waals surface area contributed by atoms with Crippen LogP contribution in [0.25, 0.3) is 0 Å². The van der Waals surface area contributed by atoms with Crippen LogP contribution in [0.5, 0.6) is 0 Å². The number of amides is 1. The van der Waals surface area contributed by atoms with Gasteiger partial charge in [0.25, 0.3) is 0 Å². The Morgan fingerprint density at radius 3 is 2.68 bits per heavy atom. The molecule has 6 nitrogen and oxygen atoms in total. The number of para-hydroxylation sites is 1. The second-order valence-corrected chi connectivity index (χ2v) is 8.92. The molecule has 160 valence electrons. The molecule has 1 aromatic heterocycles. The third-order valence-electron chi connectivity index (χ3n) is 5.05. The van der Waals surface area contributed by atoms with Crippen molar-refractivity contribution in [3.8, 4) is 0 Å². The van der Waals surface area contributed by atoms with Crippen molar-refractivity contribution in [2.24, 2.45) is 0 Å². The number of nitrogens with one attached hydrogen (secondary N) is 1. The average Bonchev–Trinajstić information content (AvgIpc) is 2.81. The van der Waals surface area contributed by atoms with Crippen molar-refractivity contribution in [3.63, 3.8) is 0 Å². The SMILES string of the molecule is O=C(NCc1ccccn1)OCC1CCc2ccccc2N1S(=O)c1ccc(Cl)cc1. The molecule has 0 saturated heterocycles. The average molecular weight is 456 g/mol. The molecule has 1 aliphatic rings. The van der Waals surface area contributed by atoms with E-state index in [9.17, 15) is 9.00 Å². The smallest absolute Gasteiger partial charge is 0.407 e. The van der Waals surface area contributed by atoms with Crippen molar-refractivity contribution in [2.45, 2.75) is 30.3 Å². The molecule has 0 spiro atoms. The first-order valence-corrected chi connectivity index (χ1v) is 11.5. The molecule has 2 atom stereocenters. The highest BCUT2D eigenvalue weighted by Crippen LogP contribution is 2.34. The van der Waals surface area contributed by atoms with Crippen LogP contribution in [-0.2, 0) is 28.7 Å². The summed E-state index contributed by atoms with van der Waals surface area (Å²) in [5, 5.41) is 3.29. The van der Waals surface area contributed by atoms with Gasteiger partial charge in [0.15, 0.2) is 11.0 Å². The minimum absolute atomic E-state index is 0.127. The Hall–Kier alpha value is -2.90. The number of anilines is 1. The predicted molar refractivity (Wildman–Crippen MR) is 121 cm³/mol. The molecule has 31 heavy (non-hydrogen) atoms. The van der Waals surface area contributed by atoms with E-state index < -0.39 is 17.1 Å². The summed E-state index contributed by atoms with van der Waals surface area (Å²) < 4.78 is 20.8. The zero-order chi connectivity index (χ0) is 21.6. The van der Waals surface area contributed by atoms with Crippen molar-refractivity contribution in [1.82, 2.24) is 10.3 Å². The lowest BCUT2D eigenvalue weighted by atomic mass is 9.98.